The van der Waals surface area contributed by atoms with Gasteiger partial charge in [-0.15, -0.1) is 0 Å². The normalized spacial score (nSPS) is 10.8. The molecule has 0 aliphatic heterocycles. The summed E-state index contributed by atoms with van der Waals surface area (Å²) in [6.07, 6.45) is -1.25. The topological polar surface area (TPSA) is 138 Å². The number of hydrogen-bond donors (Lipinski definition) is 4. The standard InChI is InChI=1S/C6H9NO6/c7-6(4(10)11,5(12)13)2-1-3(8)9/h1-2,7H2,(H,8,9)(H,10,11)(H,12,13). The molecule has 5 N–H and O–H groups in total. The van der Waals surface area contributed by atoms with Crippen molar-refractivity contribution in [2.75, 3.05) is 0 Å². The molecule has 0 aromatic rings. The monoisotopic (exact) mass is 191 g/mol. The van der Waals surface area contributed by atoms with Crippen LogP contribution in [0.4, 0.5) is 0 Å². The van der Waals surface area contributed by atoms with Crippen LogP contribution >= 0.6 is 0 Å². The van der Waals surface area contributed by atoms with E-state index < -0.39 is 36.3 Å². The van der Waals surface area contributed by atoms with Crippen molar-refractivity contribution < 1.29 is 29.7 Å². The molecular weight excluding hydrogens is 182 g/mol. The van der Waals surface area contributed by atoms with Gasteiger partial charge in [-0.05, 0) is 6.42 Å². The van der Waals surface area contributed by atoms with Gasteiger partial charge in [-0.1, -0.05) is 0 Å². The number of nitrogens with two attached hydrogens (primary N) is 1. The molecule has 0 aromatic heterocycles. The summed E-state index contributed by atoms with van der Waals surface area (Å²) in [7, 11) is 0. The van der Waals surface area contributed by atoms with Crippen LogP contribution in [0.25, 0.3) is 0 Å². The number of carboxylic acid groups (broad SMARTS) is 3. The number of carbonyl (C=O) groups is 3. The molecule has 7 nitrogen and oxygen atoms in total. The minimum atomic E-state index is -2.52. The van der Waals surface area contributed by atoms with E-state index in [9.17, 15) is 14.4 Å². The molecule has 0 aliphatic rings. The maximum absolute atomic E-state index is 10.4. The summed E-state index contributed by atoms with van der Waals surface area (Å²) in [6, 6.07) is 0. The summed E-state index contributed by atoms with van der Waals surface area (Å²) in [4.78, 5) is 30.8. The highest BCUT2D eigenvalue weighted by Gasteiger charge is 2.42. The zero-order valence-corrected chi connectivity index (χ0v) is 6.56. The van der Waals surface area contributed by atoms with Crippen molar-refractivity contribution in [3.05, 3.63) is 0 Å². The second-order valence-corrected chi connectivity index (χ2v) is 2.48. The van der Waals surface area contributed by atoms with Gasteiger partial charge in [0.15, 0.2) is 0 Å². The molecule has 0 saturated heterocycles. The molecule has 0 spiro atoms. The minimum Gasteiger partial charge on any atom is -0.481 e. The fourth-order valence-corrected chi connectivity index (χ4v) is 0.609. The van der Waals surface area contributed by atoms with Crippen LogP contribution in [0, 0.1) is 0 Å². The van der Waals surface area contributed by atoms with Crippen LogP contribution < -0.4 is 5.73 Å². The van der Waals surface area contributed by atoms with Crippen molar-refractivity contribution in [1.82, 2.24) is 0 Å². The van der Waals surface area contributed by atoms with Crippen LogP contribution in [0.2, 0.25) is 0 Å². The van der Waals surface area contributed by atoms with E-state index in [-0.39, 0.29) is 0 Å². The lowest BCUT2D eigenvalue weighted by atomic mass is 9.95. The van der Waals surface area contributed by atoms with Gasteiger partial charge in [-0.3, -0.25) is 4.79 Å². The number of hydrogen-bond acceptors (Lipinski definition) is 4. The first-order valence-electron chi connectivity index (χ1n) is 3.28. The van der Waals surface area contributed by atoms with Crippen molar-refractivity contribution in [2.45, 2.75) is 18.4 Å². The van der Waals surface area contributed by atoms with Gasteiger partial charge < -0.3 is 21.1 Å². The molecule has 0 bridgehead atoms. The van der Waals surface area contributed by atoms with Gasteiger partial charge in [0.05, 0.1) is 0 Å². The lowest BCUT2D eigenvalue weighted by Crippen LogP contribution is -2.55. The predicted octanol–water partition coefficient (Wildman–Crippen LogP) is -1.28. The van der Waals surface area contributed by atoms with E-state index in [0.717, 1.165) is 0 Å². The van der Waals surface area contributed by atoms with Gasteiger partial charge in [-0.2, -0.15) is 0 Å². The fourth-order valence-electron chi connectivity index (χ4n) is 0.609. The minimum absolute atomic E-state index is 0.602. The third-order valence-electron chi connectivity index (χ3n) is 1.50. The Morgan fingerprint density at radius 2 is 1.46 bits per heavy atom. The Bertz CT molecular complexity index is 234. The predicted molar refractivity (Wildman–Crippen MR) is 39.1 cm³/mol. The molecule has 0 aromatic carbocycles. The van der Waals surface area contributed by atoms with Crippen molar-refractivity contribution in [2.24, 2.45) is 5.73 Å². The Kier molecular flexibility index (Phi) is 3.37. The largest absolute Gasteiger partial charge is 0.481 e. The number of rotatable bonds is 5. The number of aliphatic carboxylic acids is 3. The molecule has 0 fully saturated rings. The summed E-state index contributed by atoms with van der Waals surface area (Å²) in [5.74, 6) is -4.79. The highest BCUT2D eigenvalue weighted by molar-refractivity contribution is 6.03. The van der Waals surface area contributed by atoms with Crippen molar-refractivity contribution in [3.63, 3.8) is 0 Å². The highest BCUT2D eigenvalue weighted by atomic mass is 16.4. The third-order valence-corrected chi connectivity index (χ3v) is 1.50. The van der Waals surface area contributed by atoms with Crippen LogP contribution in [0.15, 0.2) is 0 Å². The van der Waals surface area contributed by atoms with Crippen LogP contribution in [0.5, 0.6) is 0 Å². The zero-order valence-electron chi connectivity index (χ0n) is 6.56. The van der Waals surface area contributed by atoms with E-state index in [4.69, 9.17) is 21.1 Å². The molecule has 0 heterocycles. The maximum atomic E-state index is 10.4. The van der Waals surface area contributed by atoms with Gasteiger partial charge in [-0.25, -0.2) is 9.59 Å². The Balaban J connectivity index is 4.52. The second kappa shape index (κ2) is 3.85. The Labute approximate surface area is 72.8 Å². The van der Waals surface area contributed by atoms with Gasteiger partial charge in [0.25, 0.3) is 0 Å². The summed E-state index contributed by atoms with van der Waals surface area (Å²) in [5, 5.41) is 25.0. The van der Waals surface area contributed by atoms with E-state index in [1.54, 1.807) is 0 Å². The van der Waals surface area contributed by atoms with Gasteiger partial charge in [0, 0.05) is 6.42 Å². The lowest BCUT2D eigenvalue weighted by Gasteiger charge is -2.17. The molecule has 0 atom stereocenters. The Hall–Kier alpha value is -1.63. The quantitative estimate of drug-likeness (QED) is 0.397. The fraction of sp³-hybridized carbons (Fsp3) is 0.500. The first-order chi connectivity index (χ1) is 5.80. The van der Waals surface area contributed by atoms with Crippen molar-refractivity contribution in [1.29, 1.82) is 0 Å². The first kappa shape index (κ1) is 11.4. The highest BCUT2D eigenvalue weighted by Crippen LogP contribution is 2.10. The van der Waals surface area contributed by atoms with Gasteiger partial charge >= 0.3 is 17.9 Å². The SMILES string of the molecule is NC(CCC(=O)O)(C(=O)O)C(=O)O. The molecule has 13 heavy (non-hydrogen) atoms. The number of carboxylic acids is 3. The summed E-state index contributed by atoms with van der Waals surface area (Å²) < 4.78 is 0. The zero-order chi connectivity index (χ0) is 10.6. The first-order valence-corrected chi connectivity index (χ1v) is 3.28. The van der Waals surface area contributed by atoms with E-state index in [1.807, 2.05) is 0 Å². The molecule has 0 saturated carbocycles. The van der Waals surface area contributed by atoms with Crippen LogP contribution in [0.3, 0.4) is 0 Å². The Morgan fingerprint density at radius 3 is 1.69 bits per heavy atom. The molecule has 0 amide bonds. The maximum Gasteiger partial charge on any atom is 0.335 e. The van der Waals surface area contributed by atoms with E-state index in [0.29, 0.717) is 0 Å². The van der Waals surface area contributed by atoms with Crippen LogP contribution in [0.1, 0.15) is 12.8 Å². The smallest absolute Gasteiger partial charge is 0.335 e. The average Bonchev–Trinajstić information content (AvgIpc) is 1.99. The summed E-state index contributed by atoms with van der Waals surface area (Å²) >= 11 is 0. The summed E-state index contributed by atoms with van der Waals surface area (Å²) in [5.41, 5.74) is 2.45. The van der Waals surface area contributed by atoms with Crippen LogP contribution in [-0.4, -0.2) is 38.8 Å². The summed E-state index contributed by atoms with van der Waals surface area (Å²) in [6.45, 7) is 0. The molecule has 7 heteroatoms. The third kappa shape index (κ3) is 2.71. The average molecular weight is 191 g/mol. The van der Waals surface area contributed by atoms with E-state index in [1.165, 1.54) is 0 Å². The van der Waals surface area contributed by atoms with Gasteiger partial charge in [0.2, 0.25) is 5.54 Å². The molecule has 0 radical (unpaired) electrons. The van der Waals surface area contributed by atoms with Gasteiger partial charge in [0.1, 0.15) is 0 Å². The Morgan fingerprint density at radius 1 is 1.08 bits per heavy atom. The molecule has 74 valence electrons. The lowest BCUT2D eigenvalue weighted by molar-refractivity contribution is -0.157. The molecule has 0 rings (SSSR count). The van der Waals surface area contributed by atoms with Crippen molar-refractivity contribution >= 4 is 17.9 Å². The molecular formula is C6H9NO6. The second-order valence-electron chi connectivity index (χ2n) is 2.48. The van der Waals surface area contributed by atoms with E-state index in [2.05, 4.69) is 0 Å². The van der Waals surface area contributed by atoms with Crippen molar-refractivity contribution in [3.8, 4) is 0 Å². The molecule has 0 unspecified atom stereocenters. The van der Waals surface area contributed by atoms with Crippen LogP contribution in [-0.2, 0) is 14.4 Å². The molecule has 0 aliphatic carbocycles. The van der Waals surface area contributed by atoms with E-state index >= 15 is 0 Å².